The van der Waals surface area contributed by atoms with Gasteiger partial charge in [0.15, 0.2) is 0 Å². The number of halogens is 1. The van der Waals surface area contributed by atoms with Gasteiger partial charge in [-0.05, 0) is 52.9 Å². The fourth-order valence-corrected chi connectivity index (χ4v) is 3.67. The summed E-state index contributed by atoms with van der Waals surface area (Å²) in [5, 5.41) is 3.37. The molecule has 3 aromatic rings. The molecule has 0 aliphatic rings. The van der Waals surface area contributed by atoms with Gasteiger partial charge in [0.05, 0.1) is 5.38 Å². The van der Waals surface area contributed by atoms with Gasteiger partial charge in [0.1, 0.15) is 0 Å². The number of hydrogen-bond donors (Lipinski definition) is 0. The summed E-state index contributed by atoms with van der Waals surface area (Å²) in [7, 11) is 0. The number of alkyl halides is 1. The van der Waals surface area contributed by atoms with E-state index in [9.17, 15) is 0 Å². The smallest absolute Gasteiger partial charge is 0.0849 e. The first kappa shape index (κ1) is 12.7. The molecular weight excluding hydrogens is 272 g/mol. The molecule has 0 saturated heterocycles. The predicted octanol–water partition coefficient (Wildman–Crippen LogP) is 5.85. The standard InChI is InChI=1S/C17H15ClS/c1-11-7-8-13(9-12(11)2)17(18)15-10-19-16-6-4-3-5-14(15)16/h3-10,17H,1-2H3. The Hall–Kier alpha value is -1.31. The Labute approximate surface area is 122 Å². The van der Waals surface area contributed by atoms with Crippen molar-refractivity contribution in [2.24, 2.45) is 0 Å². The van der Waals surface area contributed by atoms with Crippen LogP contribution in [-0.2, 0) is 0 Å². The molecule has 19 heavy (non-hydrogen) atoms. The summed E-state index contributed by atoms with van der Waals surface area (Å²) in [5.41, 5.74) is 4.99. The molecule has 2 aromatic carbocycles. The van der Waals surface area contributed by atoms with Gasteiger partial charge in [-0.1, -0.05) is 36.4 Å². The van der Waals surface area contributed by atoms with Gasteiger partial charge in [0.25, 0.3) is 0 Å². The van der Waals surface area contributed by atoms with Crippen LogP contribution in [0.25, 0.3) is 10.1 Å². The van der Waals surface area contributed by atoms with E-state index in [1.54, 1.807) is 11.3 Å². The minimum Gasteiger partial charge on any atom is -0.143 e. The highest BCUT2D eigenvalue weighted by Crippen LogP contribution is 2.37. The second-order valence-electron chi connectivity index (χ2n) is 4.89. The monoisotopic (exact) mass is 286 g/mol. The van der Waals surface area contributed by atoms with Crippen molar-refractivity contribution in [2.75, 3.05) is 0 Å². The van der Waals surface area contributed by atoms with E-state index in [1.807, 2.05) is 0 Å². The summed E-state index contributed by atoms with van der Waals surface area (Å²) in [6, 6.07) is 14.9. The minimum absolute atomic E-state index is 0.0737. The normalized spacial score (nSPS) is 12.8. The van der Waals surface area contributed by atoms with Crippen molar-refractivity contribution in [1.29, 1.82) is 0 Å². The van der Waals surface area contributed by atoms with Crippen molar-refractivity contribution in [3.05, 3.63) is 70.1 Å². The van der Waals surface area contributed by atoms with Crippen LogP contribution in [0.15, 0.2) is 47.8 Å². The lowest BCUT2D eigenvalue weighted by atomic mass is 10.00. The van der Waals surface area contributed by atoms with Gasteiger partial charge in [0, 0.05) is 4.70 Å². The molecule has 1 unspecified atom stereocenters. The van der Waals surface area contributed by atoms with E-state index in [0.29, 0.717) is 0 Å². The molecule has 0 aliphatic heterocycles. The molecule has 2 heteroatoms. The topological polar surface area (TPSA) is 0 Å². The van der Waals surface area contributed by atoms with Crippen molar-refractivity contribution in [2.45, 2.75) is 19.2 Å². The maximum atomic E-state index is 6.68. The van der Waals surface area contributed by atoms with E-state index in [0.717, 1.165) is 0 Å². The van der Waals surface area contributed by atoms with Crippen LogP contribution in [0.1, 0.15) is 27.6 Å². The molecule has 0 saturated carbocycles. The van der Waals surface area contributed by atoms with E-state index < -0.39 is 0 Å². The van der Waals surface area contributed by atoms with Crippen LogP contribution >= 0.6 is 22.9 Å². The first-order chi connectivity index (χ1) is 9.16. The van der Waals surface area contributed by atoms with Gasteiger partial charge in [0.2, 0.25) is 0 Å². The third-order valence-electron chi connectivity index (χ3n) is 3.61. The minimum atomic E-state index is -0.0737. The largest absolute Gasteiger partial charge is 0.143 e. The maximum absolute atomic E-state index is 6.68. The van der Waals surface area contributed by atoms with E-state index in [4.69, 9.17) is 11.6 Å². The van der Waals surface area contributed by atoms with Crippen LogP contribution in [0.3, 0.4) is 0 Å². The fraction of sp³-hybridized carbons (Fsp3) is 0.176. The lowest BCUT2D eigenvalue weighted by Gasteiger charge is -2.11. The molecule has 0 nitrogen and oxygen atoms in total. The Kier molecular flexibility index (Phi) is 3.34. The van der Waals surface area contributed by atoms with Crippen LogP contribution in [0.4, 0.5) is 0 Å². The van der Waals surface area contributed by atoms with Crippen molar-refractivity contribution < 1.29 is 0 Å². The fourth-order valence-electron chi connectivity index (χ4n) is 2.30. The Balaban J connectivity index is 2.08. The van der Waals surface area contributed by atoms with Gasteiger partial charge in [-0.3, -0.25) is 0 Å². The van der Waals surface area contributed by atoms with Crippen molar-refractivity contribution in [1.82, 2.24) is 0 Å². The van der Waals surface area contributed by atoms with Gasteiger partial charge in [-0.25, -0.2) is 0 Å². The highest BCUT2D eigenvalue weighted by atomic mass is 35.5. The summed E-state index contributed by atoms with van der Waals surface area (Å²) < 4.78 is 1.30. The molecule has 0 amide bonds. The molecule has 0 N–H and O–H groups in total. The number of rotatable bonds is 2. The molecule has 0 aliphatic carbocycles. The summed E-state index contributed by atoms with van der Waals surface area (Å²) in [6.07, 6.45) is 0. The molecular formula is C17H15ClS. The average Bonchev–Trinajstić information content (AvgIpc) is 2.85. The zero-order valence-corrected chi connectivity index (χ0v) is 12.6. The van der Waals surface area contributed by atoms with Gasteiger partial charge in [-0.2, -0.15) is 0 Å². The van der Waals surface area contributed by atoms with Crippen LogP contribution in [0.2, 0.25) is 0 Å². The number of benzene rings is 2. The SMILES string of the molecule is Cc1ccc(C(Cl)c2csc3ccccc23)cc1C. The zero-order chi connectivity index (χ0) is 13.4. The Morgan fingerprint density at radius 3 is 2.58 bits per heavy atom. The van der Waals surface area contributed by atoms with E-state index >= 15 is 0 Å². The molecule has 96 valence electrons. The van der Waals surface area contributed by atoms with Gasteiger partial charge >= 0.3 is 0 Å². The van der Waals surface area contributed by atoms with Crippen LogP contribution in [0, 0.1) is 13.8 Å². The number of aryl methyl sites for hydroxylation is 2. The summed E-state index contributed by atoms with van der Waals surface area (Å²) in [6.45, 7) is 4.26. The lowest BCUT2D eigenvalue weighted by molar-refractivity contribution is 1.15. The summed E-state index contributed by atoms with van der Waals surface area (Å²) in [4.78, 5) is 0. The molecule has 1 atom stereocenters. The molecule has 0 fully saturated rings. The Morgan fingerprint density at radius 2 is 1.79 bits per heavy atom. The number of hydrogen-bond acceptors (Lipinski definition) is 1. The van der Waals surface area contributed by atoms with E-state index in [2.05, 4.69) is 61.7 Å². The van der Waals surface area contributed by atoms with Crippen molar-refractivity contribution >= 4 is 33.0 Å². The third-order valence-corrected chi connectivity index (χ3v) is 5.08. The Bertz CT molecular complexity index is 727. The zero-order valence-electron chi connectivity index (χ0n) is 11.0. The lowest BCUT2D eigenvalue weighted by Crippen LogP contribution is -1.94. The summed E-state index contributed by atoms with van der Waals surface area (Å²) >= 11 is 8.44. The third kappa shape index (κ3) is 2.29. The second kappa shape index (κ2) is 4.99. The average molecular weight is 287 g/mol. The highest BCUT2D eigenvalue weighted by Gasteiger charge is 2.15. The van der Waals surface area contributed by atoms with Crippen LogP contribution < -0.4 is 0 Å². The van der Waals surface area contributed by atoms with Crippen molar-refractivity contribution in [3.8, 4) is 0 Å². The summed E-state index contributed by atoms with van der Waals surface area (Å²) in [5.74, 6) is 0. The highest BCUT2D eigenvalue weighted by molar-refractivity contribution is 7.17. The van der Waals surface area contributed by atoms with Gasteiger partial charge in [-0.15, -0.1) is 22.9 Å². The second-order valence-corrected chi connectivity index (χ2v) is 6.24. The maximum Gasteiger partial charge on any atom is 0.0849 e. The molecule has 0 bridgehead atoms. The van der Waals surface area contributed by atoms with Crippen LogP contribution in [-0.4, -0.2) is 0 Å². The molecule has 1 aromatic heterocycles. The molecule has 0 spiro atoms. The first-order valence-electron chi connectivity index (χ1n) is 6.34. The number of thiophene rings is 1. The predicted molar refractivity (Wildman–Crippen MR) is 85.4 cm³/mol. The van der Waals surface area contributed by atoms with Crippen molar-refractivity contribution in [3.63, 3.8) is 0 Å². The van der Waals surface area contributed by atoms with E-state index in [-0.39, 0.29) is 5.38 Å². The molecule has 0 radical (unpaired) electrons. The first-order valence-corrected chi connectivity index (χ1v) is 7.66. The van der Waals surface area contributed by atoms with Gasteiger partial charge < -0.3 is 0 Å². The number of fused-ring (bicyclic) bond motifs is 1. The van der Waals surface area contributed by atoms with E-state index in [1.165, 1.54) is 32.3 Å². The molecule has 3 rings (SSSR count). The quantitative estimate of drug-likeness (QED) is 0.519. The van der Waals surface area contributed by atoms with Crippen LogP contribution in [0.5, 0.6) is 0 Å². The molecule has 1 heterocycles. The Morgan fingerprint density at radius 1 is 1.00 bits per heavy atom.